The van der Waals surface area contributed by atoms with Gasteiger partial charge in [-0.2, -0.15) is 0 Å². The molecular weight excluding hydrogens is 132 g/mol. The summed E-state index contributed by atoms with van der Waals surface area (Å²) in [5.74, 6) is 0.746. The second-order valence-corrected chi connectivity index (χ2v) is 3.64. The van der Waals surface area contributed by atoms with Crippen molar-refractivity contribution in [3.8, 4) is 0 Å². The highest BCUT2D eigenvalue weighted by Crippen LogP contribution is 2.29. The molecule has 0 aliphatic heterocycles. The minimum Gasteiger partial charge on any atom is -0.103 e. The molecule has 0 aromatic heterocycles. The standard InChI is InChI=1S/C9H18.C2H6/c1-6-7-9(4,5)8(2)3;1-2/h6,8H,1,7H2,2-5H3;1-2H3. The predicted octanol–water partition coefficient (Wildman–Crippen LogP) is 4.27. The van der Waals surface area contributed by atoms with Crippen molar-refractivity contribution in [2.45, 2.75) is 48.0 Å². The van der Waals surface area contributed by atoms with Crippen LogP contribution in [0.1, 0.15) is 48.0 Å². The first kappa shape index (κ1) is 13.3. The Hall–Kier alpha value is -0.260. The van der Waals surface area contributed by atoms with Gasteiger partial charge in [0.1, 0.15) is 0 Å². The molecule has 0 atom stereocenters. The Morgan fingerprint density at radius 3 is 1.73 bits per heavy atom. The van der Waals surface area contributed by atoms with Crippen LogP contribution < -0.4 is 0 Å². The van der Waals surface area contributed by atoms with E-state index in [1.807, 2.05) is 19.9 Å². The van der Waals surface area contributed by atoms with E-state index in [4.69, 9.17) is 0 Å². The van der Waals surface area contributed by atoms with Gasteiger partial charge in [0.25, 0.3) is 0 Å². The lowest BCUT2D eigenvalue weighted by atomic mass is 9.78. The molecule has 0 heterocycles. The molecule has 0 aliphatic rings. The maximum Gasteiger partial charge on any atom is -0.0297 e. The summed E-state index contributed by atoms with van der Waals surface area (Å²) in [5, 5.41) is 0. The van der Waals surface area contributed by atoms with Gasteiger partial charge in [-0.25, -0.2) is 0 Å². The molecule has 0 fully saturated rings. The average molecular weight is 156 g/mol. The summed E-state index contributed by atoms with van der Waals surface area (Å²) in [6.07, 6.45) is 3.12. The van der Waals surface area contributed by atoms with Gasteiger partial charge in [-0.1, -0.05) is 47.6 Å². The molecule has 0 bridgehead atoms. The SMILES string of the molecule is C=CCC(C)(C)C(C)C.CC. The summed E-state index contributed by atoms with van der Waals surface area (Å²) in [4.78, 5) is 0. The first-order valence-corrected chi connectivity index (χ1v) is 4.61. The largest absolute Gasteiger partial charge is 0.103 e. The highest BCUT2D eigenvalue weighted by molar-refractivity contribution is 4.81. The molecule has 0 radical (unpaired) electrons. The summed E-state index contributed by atoms with van der Waals surface area (Å²) < 4.78 is 0. The summed E-state index contributed by atoms with van der Waals surface area (Å²) in [6, 6.07) is 0. The second-order valence-electron chi connectivity index (χ2n) is 3.64. The van der Waals surface area contributed by atoms with Crippen molar-refractivity contribution in [2.24, 2.45) is 11.3 Å². The Labute approximate surface area is 72.7 Å². The second kappa shape index (κ2) is 6.45. The van der Waals surface area contributed by atoms with Crippen molar-refractivity contribution < 1.29 is 0 Å². The Morgan fingerprint density at radius 1 is 1.27 bits per heavy atom. The Kier molecular flexibility index (Phi) is 7.82. The topological polar surface area (TPSA) is 0 Å². The first-order valence-electron chi connectivity index (χ1n) is 4.61. The quantitative estimate of drug-likeness (QED) is 0.535. The number of hydrogen-bond acceptors (Lipinski definition) is 0. The summed E-state index contributed by atoms with van der Waals surface area (Å²) >= 11 is 0. The molecule has 0 aromatic rings. The zero-order chi connectivity index (χ0) is 9.49. The molecule has 0 saturated heterocycles. The van der Waals surface area contributed by atoms with Crippen LogP contribution in [0.25, 0.3) is 0 Å². The maximum absolute atomic E-state index is 3.73. The molecule has 0 saturated carbocycles. The fourth-order valence-electron chi connectivity index (χ4n) is 0.608. The molecule has 0 spiro atoms. The van der Waals surface area contributed by atoms with E-state index in [1.165, 1.54) is 0 Å². The fourth-order valence-corrected chi connectivity index (χ4v) is 0.608. The van der Waals surface area contributed by atoms with E-state index in [0.717, 1.165) is 12.3 Å². The molecule has 0 aromatic carbocycles. The van der Waals surface area contributed by atoms with Crippen LogP contribution in [-0.4, -0.2) is 0 Å². The van der Waals surface area contributed by atoms with Crippen molar-refractivity contribution in [1.29, 1.82) is 0 Å². The van der Waals surface area contributed by atoms with E-state index in [1.54, 1.807) is 0 Å². The molecule has 0 N–H and O–H groups in total. The smallest absolute Gasteiger partial charge is 0.0297 e. The van der Waals surface area contributed by atoms with Crippen LogP contribution in [0.3, 0.4) is 0 Å². The normalized spacial score (nSPS) is 10.5. The summed E-state index contributed by atoms with van der Waals surface area (Å²) in [5.41, 5.74) is 0.432. The van der Waals surface area contributed by atoms with E-state index in [-0.39, 0.29) is 0 Å². The van der Waals surface area contributed by atoms with E-state index in [0.29, 0.717) is 5.41 Å². The van der Waals surface area contributed by atoms with E-state index >= 15 is 0 Å². The molecule has 0 unspecified atom stereocenters. The highest BCUT2D eigenvalue weighted by atomic mass is 14.2. The molecule has 0 amide bonds. The van der Waals surface area contributed by atoms with Crippen molar-refractivity contribution in [3.63, 3.8) is 0 Å². The van der Waals surface area contributed by atoms with Crippen molar-refractivity contribution >= 4 is 0 Å². The third kappa shape index (κ3) is 6.15. The maximum atomic E-state index is 3.73. The Morgan fingerprint density at radius 2 is 1.64 bits per heavy atom. The monoisotopic (exact) mass is 156 g/mol. The predicted molar refractivity (Wildman–Crippen MR) is 54.8 cm³/mol. The van der Waals surface area contributed by atoms with Crippen LogP contribution in [0, 0.1) is 11.3 Å². The average Bonchev–Trinajstić information content (AvgIpc) is 1.92. The minimum absolute atomic E-state index is 0.432. The van der Waals surface area contributed by atoms with Crippen LogP contribution in [-0.2, 0) is 0 Å². The third-order valence-electron chi connectivity index (χ3n) is 2.23. The molecule has 0 heteroatoms. The van der Waals surface area contributed by atoms with E-state index < -0.39 is 0 Å². The van der Waals surface area contributed by atoms with Gasteiger partial charge in [-0.15, -0.1) is 6.58 Å². The fraction of sp³-hybridized carbons (Fsp3) is 0.818. The van der Waals surface area contributed by atoms with Gasteiger partial charge in [0.2, 0.25) is 0 Å². The number of rotatable bonds is 3. The van der Waals surface area contributed by atoms with Crippen LogP contribution in [0.4, 0.5) is 0 Å². The lowest BCUT2D eigenvalue weighted by Gasteiger charge is -2.27. The van der Waals surface area contributed by atoms with Crippen LogP contribution >= 0.6 is 0 Å². The lowest BCUT2D eigenvalue weighted by molar-refractivity contribution is 0.253. The van der Waals surface area contributed by atoms with Gasteiger partial charge in [-0.3, -0.25) is 0 Å². The molecule has 0 aliphatic carbocycles. The summed E-state index contributed by atoms with van der Waals surface area (Å²) in [6.45, 7) is 16.8. The highest BCUT2D eigenvalue weighted by Gasteiger charge is 2.19. The third-order valence-corrected chi connectivity index (χ3v) is 2.23. The van der Waals surface area contributed by atoms with Gasteiger partial charge in [0.15, 0.2) is 0 Å². The van der Waals surface area contributed by atoms with Gasteiger partial charge in [0.05, 0.1) is 0 Å². The molecule has 11 heavy (non-hydrogen) atoms. The zero-order valence-corrected chi connectivity index (χ0v) is 9.07. The van der Waals surface area contributed by atoms with Crippen LogP contribution in [0.5, 0.6) is 0 Å². The van der Waals surface area contributed by atoms with Gasteiger partial charge < -0.3 is 0 Å². The first-order chi connectivity index (χ1) is 5.00. The molecule has 68 valence electrons. The molecule has 0 rings (SSSR count). The number of hydrogen-bond donors (Lipinski definition) is 0. The van der Waals surface area contributed by atoms with Gasteiger partial charge in [-0.05, 0) is 17.8 Å². The zero-order valence-electron chi connectivity index (χ0n) is 9.07. The Balaban J connectivity index is 0. The minimum atomic E-state index is 0.432. The van der Waals surface area contributed by atoms with Gasteiger partial charge >= 0.3 is 0 Å². The van der Waals surface area contributed by atoms with E-state index in [9.17, 15) is 0 Å². The van der Waals surface area contributed by atoms with Crippen molar-refractivity contribution in [1.82, 2.24) is 0 Å². The lowest BCUT2D eigenvalue weighted by Crippen LogP contribution is -2.17. The Bertz CT molecular complexity index is 88.2. The molecular formula is C11H24. The van der Waals surface area contributed by atoms with Crippen LogP contribution in [0.15, 0.2) is 12.7 Å². The van der Waals surface area contributed by atoms with Gasteiger partial charge in [0, 0.05) is 0 Å². The van der Waals surface area contributed by atoms with E-state index in [2.05, 4.69) is 34.3 Å². The summed E-state index contributed by atoms with van der Waals surface area (Å²) in [7, 11) is 0. The number of allylic oxidation sites excluding steroid dienone is 1. The van der Waals surface area contributed by atoms with Crippen molar-refractivity contribution in [3.05, 3.63) is 12.7 Å². The molecule has 0 nitrogen and oxygen atoms in total. The van der Waals surface area contributed by atoms with Crippen LogP contribution in [0.2, 0.25) is 0 Å². The van der Waals surface area contributed by atoms with Crippen molar-refractivity contribution in [2.75, 3.05) is 0 Å².